The first kappa shape index (κ1) is 14.6. The van der Waals surface area contributed by atoms with Crippen molar-refractivity contribution in [3.63, 3.8) is 0 Å². The molecule has 0 aliphatic carbocycles. The van der Waals surface area contributed by atoms with Crippen molar-refractivity contribution >= 4 is 6.03 Å². The molecule has 19 heavy (non-hydrogen) atoms. The molecule has 2 aliphatic rings. The lowest BCUT2D eigenvalue weighted by molar-refractivity contribution is 0.0400. The van der Waals surface area contributed by atoms with Gasteiger partial charge in [0.05, 0.1) is 13.2 Å². The molecule has 0 bridgehead atoms. The molecule has 1 N–H and O–H groups in total. The number of nitrogens with zero attached hydrogens (tertiary/aromatic N) is 2. The third kappa shape index (κ3) is 4.35. The molecule has 110 valence electrons. The van der Waals surface area contributed by atoms with E-state index in [-0.39, 0.29) is 6.03 Å². The molecule has 0 unspecified atom stereocenters. The van der Waals surface area contributed by atoms with Crippen LogP contribution in [0.3, 0.4) is 0 Å². The van der Waals surface area contributed by atoms with Crippen LogP contribution in [0.25, 0.3) is 0 Å². The molecule has 0 radical (unpaired) electrons. The first-order valence-electron chi connectivity index (χ1n) is 7.52. The molecule has 0 aromatic carbocycles. The highest BCUT2D eigenvalue weighted by molar-refractivity contribution is 5.74. The lowest BCUT2D eigenvalue weighted by Crippen LogP contribution is -2.51. The number of amides is 2. The van der Waals surface area contributed by atoms with E-state index in [4.69, 9.17) is 4.74 Å². The minimum absolute atomic E-state index is 0.207. The van der Waals surface area contributed by atoms with Crippen molar-refractivity contribution in [3.8, 4) is 0 Å². The van der Waals surface area contributed by atoms with E-state index in [2.05, 4.69) is 19.2 Å². The van der Waals surface area contributed by atoms with Crippen LogP contribution < -0.4 is 5.32 Å². The Balaban J connectivity index is 1.71. The molecule has 2 heterocycles. The third-order valence-electron chi connectivity index (χ3n) is 3.98. The second-order valence-corrected chi connectivity index (χ2v) is 5.88. The fourth-order valence-electron chi connectivity index (χ4n) is 2.69. The van der Waals surface area contributed by atoms with E-state index < -0.39 is 0 Å². The number of rotatable bonds is 3. The molecular weight excluding hydrogens is 242 g/mol. The third-order valence-corrected chi connectivity index (χ3v) is 3.98. The van der Waals surface area contributed by atoms with Gasteiger partial charge in [-0.3, -0.25) is 0 Å². The Morgan fingerprint density at radius 3 is 2.32 bits per heavy atom. The average molecular weight is 269 g/mol. The zero-order valence-electron chi connectivity index (χ0n) is 12.2. The lowest BCUT2D eigenvalue weighted by atomic mass is 9.97. The molecule has 2 fully saturated rings. The van der Waals surface area contributed by atoms with Gasteiger partial charge in [0.25, 0.3) is 0 Å². The zero-order valence-corrected chi connectivity index (χ0v) is 12.2. The van der Waals surface area contributed by atoms with Gasteiger partial charge >= 0.3 is 6.03 Å². The second kappa shape index (κ2) is 7.10. The van der Waals surface area contributed by atoms with Crippen LogP contribution in [-0.2, 0) is 4.74 Å². The molecule has 0 atom stereocenters. The van der Waals surface area contributed by atoms with E-state index >= 15 is 0 Å². The number of hydrogen-bond acceptors (Lipinski definition) is 3. The van der Waals surface area contributed by atoms with Crippen LogP contribution in [0.5, 0.6) is 0 Å². The van der Waals surface area contributed by atoms with E-state index in [0.29, 0.717) is 19.3 Å². The summed E-state index contributed by atoms with van der Waals surface area (Å²) in [4.78, 5) is 16.2. The van der Waals surface area contributed by atoms with Crippen molar-refractivity contribution in [1.82, 2.24) is 15.1 Å². The summed E-state index contributed by atoms with van der Waals surface area (Å²) in [6.45, 7) is 10.1. The Kier molecular flexibility index (Phi) is 5.45. The first-order chi connectivity index (χ1) is 9.16. The molecular formula is C14H27N3O2. The molecule has 5 heteroatoms. The number of ether oxygens (including phenoxy) is 1. The van der Waals surface area contributed by atoms with Gasteiger partial charge in [-0.05, 0) is 25.3 Å². The van der Waals surface area contributed by atoms with E-state index in [1.807, 2.05) is 9.80 Å². The van der Waals surface area contributed by atoms with Crippen molar-refractivity contribution < 1.29 is 9.53 Å². The van der Waals surface area contributed by atoms with Crippen LogP contribution in [0.2, 0.25) is 0 Å². The summed E-state index contributed by atoms with van der Waals surface area (Å²) >= 11 is 0. The van der Waals surface area contributed by atoms with Gasteiger partial charge in [-0.15, -0.1) is 0 Å². The number of nitrogens with one attached hydrogen (secondary N) is 1. The number of urea groups is 1. The first-order valence-corrected chi connectivity index (χ1v) is 7.52. The molecule has 5 nitrogen and oxygen atoms in total. The van der Waals surface area contributed by atoms with Gasteiger partial charge < -0.3 is 19.9 Å². The normalized spacial score (nSPS) is 22.1. The van der Waals surface area contributed by atoms with Gasteiger partial charge in [0.2, 0.25) is 0 Å². The number of carbonyl (C=O) groups is 1. The maximum Gasteiger partial charge on any atom is 0.320 e. The maximum atomic E-state index is 12.3. The van der Waals surface area contributed by atoms with Crippen LogP contribution in [0, 0.1) is 5.92 Å². The van der Waals surface area contributed by atoms with Crippen LogP contribution in [-0.4, -0.2) is 67.8 Å². The minimum Gasteiger partial charge on any atom is -0.378 e. The standard InChI is InChI=1S/C14H27N3O2/c1-12(2)15-11-13-3-5-16(6-4-13)14(18)17-7-9-19-10-8-17/h12-13,15H,3-11H2,1-2H3. The molecule has 2 saturated heterocycles. The van der Waals surface area contributed by atoms with E-state index in [1.54, 1.807) is 0 Å². The van der Waals surface area contributed by atoms with Crippen molar-refractivity contribution in [3.05, 3.63) is 0 Å². The molecule has 0 aromatic heterocycles. The Labute approximate surface area is 116 Å². The maximum absolute atomic E-state index is 12.3. The van der Waals surface area contributed by atoms with Crippen LogP contribution in [0.15, 0.2) is 0 Å². The Morgan fingerprint density at radius 1 is 1.16 bits per heavy atom. The SMILES string of the molecule is CC(C)NCC1CCN(C(=O)N2CCOCC2)CC1. The minimum atomic E-state index is 0.207. The van der Waals surface area contributed by atoms with Gasteiger partial charge in [-0.25, -0.2) is 4.79 Å². The van der Waals surface area contributed by atoms with Crippen LogP contribution >= 0.6 is 0 Å². The van der Waals surface area contributed by atoms with Crippen LogP contribution in [0.4, 0.5) is 4.79 Å². The fraction of sp³-hybridized carbons (Fsp3) is 0.929. The number of piperidine rings is 1. The van der Waals surface area contributed by atoms with Crippen molar-refractivity contribution in [1.29, 1.82) is 0 Å². The average Bonchev–Trinajstić information content (AvgIpc) is 2.46. The molecule has 0 aromatic rings. The highest BCUT2D eigenvalue weighted by Crippen LogP contribution is 2.18. The zero-order chi connectivity index (χ0) is 13.7. The van der Waals surface area contributed by atoms with Gasteiger partial charge in [0.1, 0.15) is 0 Å². The van der Waals surface area contributed by atoms with Gasteiger partial charge in [0.15, 0.2) is 0 Å². The van der Waals surface area contributed by atoms with Gasteiger partial charge in [0, 0.05) is 32.2 Å². The van der Waals surface area contributed by atoms with Crippen molar-refractivity contribution in [2.45, 2.75) is 32.7 Å². The van der Waals surface area contributed by atoms with Crippen molar-refractivity contribution in [2.24, 2.45) is 5.92 Å². The number of hydrogen-bond donors (Lipinski definition) is 1. The van der Waals surface area contributed by atoms with Gasteiger partial charge in [-0.1, -0.05) is 13.8 Å². The summed E-state index contributed by atoms with van der Waals surface area (Å²) < 4.78 is 5.29. The lowest BCUT2D eigenvalue weighted by Gasteiger charge is -2.37. The predicted octanol–water partition coefficient (Wildman–Crippen LogP) is 1.15. The van der Waals surface area contributed by atoms with Crippen LogP contribution in [0.1, 0.15) is 26.7 Å². The summed E-state index contributed by atoms with van der Waals surface area (Å²) in [6.07, 6.45) is 2.24. The second-order valence-electron chi connectivity index (χ2n) is 5.88. The quantitative estimate of drug-likeness (QED) is 0.836. The van der Waals surface area contributed by atoms with E-state index in [0.717, 1.165) is 51.5 Å². The molecule has 0 saturated carbocycles. The molecule has 2 aliphatic heterocycles. The Bertz CT molecular complexity index is 282. The smallest absolute Gasteiger partial charge is 0.320 e. The largest absolute Gasteiger partial charge is 0.378 e. The highest BCUT2D eigenvalue weighted by atomic mass is 16.5. The topological polar surface area (TPSA) is 44.8 Å². The molecule has 2 amide bonds. The van der Waals surface area contributed by atoms with Crippen molar-refractivity contribution in [2.75, 3.05) is 45.9 Å². The highest BCUT2D eigenvalue weighted by Gasteiger charge is 2.27. The number of morpholine rings is 1. The Morgan fingerprint density at radius 2 is 1.74 bits per heavy atom. The Hall–Kier alpha value is -0.810. The summed E-state index contributed by atoms with van der Waals surface area (Å²) in [5.41, 5.74) is 0. The molecule has 0 spiro atoms. The fourth-order valence-corrected chi connectivity index (χ4v) is 2.69. The summed E-state index contributed by atoms with van der Waals surface area (Å²) in [5, 5.41) is 3.49. The van der Waals surface area contributed by atoms with E-state index in [9.17, 15) is 4.79 Å². The summed E-state index contributed by atoms with van der Waals surface area (Å²) in [7, 11) is 0. The molecule has 2 rings (SSSR count). The van der Waals surface area contributed by atoms with Gasteiger partial charge in [-0.2, -0.15) is 0 Å². The number of carbonyl (C=O) groups excluding carboxylic acids is 1. The van der Waals surface area contributed by atoms with E-state index in [1.165, 1.54) is 0 Å². The summed E-state index contributed by atoms with van der Waals surface area (Å²) in [5.74, 6) is 0.719. The monoisotopic (exact) mass is 269 g/mol. The number of likely N-dealkylation sites (tertiary alicyclic amines) is 1. The summed E-state index contributed by atoms with van der Waals surface area (Å²) in [6, 6.07) is 0.756. The predicted molar refractivity (Wildman–Crippen MR) is 75.2 cm³/mol.